The molecule has 0 amide bonds. The van der Waals surface area contributed by atoms with E-state index in [-0.39, 0.29) is 12.1 Å². The Morgan fingerprint density at radius 2 is 1.79 bits per heavy atom. The maximum atomic E-state index is 12.9. The third-order valence-corrected chi connectivity index (χ3v) is 1.58. The van der Waals surface area contributed by atoms with Crippen molar-refractivity contribution in [1.29, 1.82) is 0 Å². The second kappa shape index (κ2) is 4.39. The zero-order chi connectivity index (χ0) is 10.7. The Morgan fingerprint density at radius 3 is 2.36 bits per heavy atom. The summed E-state index contributed by atoms with van der Waals surface area (Å²) in [5.74, 6) is -6.49. The number of rotatable bonds is 3. The number of halogens is 4. The lowest BCUT2D eigenvalue weighted by Gasteiger charge is -2.05. The third kappa shape index (κ3) is 2.02. The highest BCUT2D eigenvalue weighted by molar-refractivity contribution is 5.21. The molecular formula is C8H7F4NO. The largest absolute Gasteiger partial charge is 0.305 e. The molecule has 0 aliphatic heterocycles. The van der Waals surface area contributed by atoms with E-state index in [4.69, 9.17) is 0 Å². The molecule has 0 bridgehead atoms. The van der Waals surface area contributed by atoms with Crippen LogP contribution in [0.25, 0.3) is 0 Å². The van der Waals surface area contributed by atoms with E-state index in [2.05, 4.69) is 10.3 Å². The molecule has 0 aliphatic carbocycles. The molecule has 2 nitrogen and oxygen atoms in total. The third-order valence-electron chi connectivity index (χ3n) is 1.58. The molecule has 0 aromatic heterocycles. The molecule has 0 heterocycles. The molecule has 6 heteroatoms. The maximum Gasteiger partial charge on any atom is 0.197 e. The fraction of sp³-hybridized carbons (Fsp3) is 0.250. The van der Waals surface area contributed by atoms with E-state index >= 15 is 0 Å². The molecule has 1 rings (SSSR count). The van der Waals surface area contributed by atoms with Gasteiger partial charge in [0.25, 0.3) is 0 Å². The van der Waals surface area contributed by atoms with E-state index in [9.17, 15) is 17.6 Å². The number of hydrogen-bond donors (Lipinski definition) is 1. The van der Waals surface area contributed by atoms with Crippen LogP contribution in [0.1, 0.15) is 5.56 Å². The molecular weight excluding hydrogens is 202 g/mol. The zero-order valence-corrected chi connectivity index (χ0v) is 7.20. The number of benzene rings is 1. The number of hydroxylamine groups is 1. The zero-order valence-electron chi connectivity index (χ0n) is 7.20. The summed E-state index contributed by atoms with van der Waals surface area (Å²) in [5, 5.41) is 0. The predicted molar refractivity (Wildman–Crippen MR) is 40.1 cm³/mol. The lowest BCUT2D eigenvalue weighted by Crippen LogP contribution is -2.14. The van der Waals surface area contributed by atoms with Crippen LogP contribution in [0.2, 0.25) is 0 Å². The Hall–Kier alpha value is -1.14. The smallest absolute Gasteiger partial charge is 0.197 e. The molecule has 1 N–H and O–H groups in total. The summed E-state index contributed by atoms with van der Waals surface area (Å²) in [6, 6.07) is 0.569. The molecule has 0 unspecified atom stereocenters. The normalized spacial score (nSPS) is 10.6. The SMILES string of the molecule is CONCc1cc(F)c(F)c(F)c1F. The average molecular weight is 209 g/mol. The van der Waals surface area contributed by atoms with Gasteiger partial charge in [-0.3, -0.25) is 0 Å². The highest BCUT2D eigenvalue weighted by atomic mass is 19.2. The van der Waals surface area contributed by atoms with Crippen LogP contribution in [0.3, 0.4) is 0 Å². The van der Waals surface area contributed by atoms with Crippen LogP contribution in [-0.4, -0.2) is 7.11 Å². The fourth-order valence-electron chi connectivity index (χ4n) is 0.900. The van der Waals surface area contributed by atoms with Crippen molar-refractivity contribution in [3.05, 3.63) is 34.9 Å². The summed E-state index contributed by atoms with van der Waals surface area (Å²) in [7, 11) is 1.26. The Balaban J connectivity index is 3.06. The molecule has 0 atom stereocenters. The van der Waals surface area contributed by atoms with Gasteiger partial charge >= 0.3 is 0 Å². The van der Waals surface area contributed by atoms with Crippen LogP contribution in [0.5, 0.6) is 0 Å². The van der Waals surface area contributed by atoms with Crippen molar-refractivity contribution in [2.24, 2.45) is 0 Å². The van der Waals surface area contributed by atoms with Crippen molar-refractivity contribution in [3.63, 3.8) is 0 Å². The minimum absolute atomic E-state index is 0.254. The molecule has 14 heavy (non-hydrogen) atoms. The van der Waals surface area contributed by atoms with Gasteiger partial charge in [-0.25, -0.2) is 17.6 Å². The number of nitrogens with one attached hydrogen (secondary N) is 1. The van der Waals surface area contributed by atoms with Gasteiger partial charge in [0.05, 0.1) is 7.11 Å². The average Bonchev–Trinajstić information content (AvgIpc) is 2.18. The first kappa shape index (κ1) is 10.9. The van der Waals surface area contributed by atoms with Crippen molar-refractivity contribution in [2.45, 2.75) is 6.54 Å². The fourth-order valence-corrected chi connectivity index (χ4v) is 0.900. The summed E-state index contributed by atoms with van der Waals surface area (Å²) in [6.07, 6.45) is 0. The van der Waals surface area contributed by atoms with E-state index in [1.54, 1.807) is 0 Å². The standard InChI is InChI=1S/C8H7F4NO/c1-14-13-3-4-2-5(9)7(11)8(12)6(4)10/h2,13H,3H2,1H3. The van der Waals surface area contributed by atoms with Crippen molar-refractivity contribution in [1.82, 2.24) is 5.48 Å². The molecule has 0 radical (unpaired) electrons. The first-order chi connectivity index (χ1) is 6.57. The van der Waals surface area contributed by atoms with Crippen molar-refractivity contribution in [2.75, 3.05) is 7.11 Å². The van der Waals surface area contributed by atoms with Crippen LogP contribution < -0.4 is 5.48 Å². The van der Waals surface area contributed by atoms with Crippen LogP contribution >= 0.6 is 0 Å². The topological polar surface area (TPSA) is 21.3 Å². The highest BCUT2D eigenvalue weighted by Crippen LogP contribution is 2.18. The van der Waals surface area contributed by atoms with Gasteiger partial charge in [0, 0.05) is 12.1 Å². The first-order valence-electron chi connectivity index (χ1n) is 3.65. The molecule has 78 valence electrons. The maximum absolute atomic E-state index is 12.9. The van der Waals surface area contributed by atoms with Gasteiger partial charge in [-0.05, 0) is 6.07 Å². The number of hydrogen-bond acceptors (Lipinski definition) is 2. The van der Waals surface area contributed by atoms with Crippen molar-refractivity contribution >= 4 is 0 Å². The summed E-state index contributed by atoms with van der Waals surface area (Å²) >= 11 is 0. The summed E-state index contributed by atoms with van der Waals surface area (Å²) in [5.41, 5.74) is 1.84. The van der Waals surface area contributed by atoms with Crippen LogP contribution in [0, 0.1) is 23.3 Å². The summed E-state index contributed by atoms with van der Waals surface area (Å²) in [4.78, 5) is 4.36. The van der Waals surface area contributed by atoms with Crippen LogP contribution in [0.4, 0.5) is 17.6 Å². The van der Waals surface area contributed by atoms with Crippen LogP contribution in [-0.2, 0) is 11.4 Å². The highest BCUT2D eigenvalue weighted by Gasteiger charge is 2.18. The molecule has 0 spiro atoms. The minimum atomic E-state index is -1.82. The van der Waals surface area contributed by atoms with E-state index < -0.39 is 23.3 Å². The van der Waals surface area contributed by atoms with E-state index in [0.29, 0.717) is 6.07 Å². The minimum Gasteiger partial charge on any atom is -0.305 e. The lowest BCUT2D eigenvalue weighted by atomic mass is 10.2. The molecule has 1 aromatic rings. The van der Waals surface area contributed by atoms with Gasteiger partial charge in [0.2, 0.25) is 0 Å². The second-order valence-corrected chi connectivity index (χ2v) is 2.48. The molecule has 0 aliphatic rings. The Morgan fingerprint density at radius 1 is 1.14 bits per heavy atom. The second-order valence-electron chi connectivity index (χ2n) is 2.48. The molecule has 0 fully saturated rings. The van der Waals surface area contributed by atoms with E-state index in [1.165, 1.54) is 7.11 Å². The quantitative estimate of drug-likeness (QED) is 0.355. The first-order valence-corrected chi connectivity index (χ1v) is 3.65. The van der Waals surface area contributed by atoms with E-state index in [0.717, 1.165) is 0 Å². The van der Waals surface area contributed by atoms with Crippen LogP contribution in [0.15, 0.2) is 6.07 Å². The Labute approximate surface area is 77.4 Å². The summed E-state index contributed by atoms with van der Waals surface area (Å²) < 4.78 is 50.6. The lowest BCUT2D eigenvalue weighted by molar-refractivity contribution is 0.0856. The Kier molecular flexibility index (Phi) is 3.43. The Bertz CT molecular complexity index is 343. The van der Waals surface area contributed by atoms with Gasteiger partial charge in [-0.2, -0.15) is 5.48 Å². The van der Waals surface area contributed by atoms with E-state index in [1.807, 2.05) is 0 Å². The van der Waals surface area contributed by atoms with Gasteiger partial charge in [0.15, 0.2) is 23.3 Å². The molecule has 1 aromatic carbocycles. The van der Waals surface area contributed by atoms with Gasteiger partial charge in [-0.1, -0.05) is 0 Å². The van der Waals surface area contributed by atoms with Gasteiger partial charge < -0.3 is 4.84 Å². The van der Waals surface area contributed by atoms with Crippen molar-refractivity contribution < 1.29 is 22.4 Å². The van der Waals surface area contributed by atoms with Gasteiger partial charge in [-0.15, -0.1) is 0 Å². The van der Waals surface area contributed by atoms with Gasteiger partial charge in [0.1, 0.15) is 0 Å². The monoisotopic (exact) mass is 209 g/mol. The van der Waals surface area contributed by atoms with Crippen molar-refractivity contribution in [3.8, 4) is 0 Å². The summed E-state index contributed by atoms with van der Waals surface area (Å²) in [6.45, 7) is -0.254. The molecule has 0 saturated carbocycles. The molecule has 0 saturated heterocycles. The predicted octanol–water partition coefficient (Wildman–Crippen LogP) is 1.89.